The van der Waals surface area contributed by atoms with Crippen molar-refractivity contribution in [3.8, 4) is 0 Å². The highest BCUT2D eigenvalue weighted by molar-refractivity contribution is 5.78. The molecule has 0 N–H and O–H groups in total. The Labute approximate surface area is 146 Å². The number of piperidine rings is 1. The topological polar surface area (TPSA) is 85.3 Å². The summed E-state index contributed by atoms with van der Waals surface area (Å²) >= 11 is 0. The standard InChI is InChI=1S/C18H24N4O3/c1-11-3-4-15-14(9-11)18(24-20-15)13-5-7-22(8-6-13)17(23)10-16-12(2)19-25-21-16/h11,13H,3-10H2,1-2H3/t11-/m0/s1. The van der Waals surface area contributed by atoms with Gasteiger partial charge >= 0.3 is 0 Å². The van der Waals surface area contributed by atoms with Gasteiger partial charge in [0.2, 0.25) is 5.91 Å². The largest absolute Gasteiger partial charge is 0.361 e. The van der Waals surface area contributed by atoms with E-state index in [0.717, 1.165) is 50.2 Å². The summed E-state index contributed by atoms with van der Waals surface area (Å²) in [4.78, 5) is 14.4. The van der Waals surface area contributed by atoms with Crippen molar-refractivity contribution < 1.29 is 13.9 Å². The van der Waals surface area contributed by atoms with E-state index in [2.05, 4.69) is 27.0 Å². The molecule has 4 rings (SSSR count). The van der Waals surface area contributed by atoms with Gasteiger partial charge in [0.15, 0.2) is 0 Å². The lowest BCUT2D eigenvalue weighted by molar-refractivity contribution is -0.131. The molecule has 25 heavy (non-hydrogen) atoms. The van der Waals surface area contributed by atoms with Gasteiger partial charge in [-0.15, -0.1) is 0 Å². The van der Waals surface area contributed by atoms with E-state index in [4.69, 9.17) is 4.52 Å². The molecular weight excluding hydrogens is 320 g/mol. The zero-order valence-corrected chi connectivity index (χ0v) is 14.8. The van der Waals surface area contributed by atoms with E-state index in [-0.39, 0.29) is 12.3 Å². The molecule has 0 saturated carbocycles. The van der Waals surface area contributed by atoms with Crippen molar-refractivity contribution in [2.24, 2.45) is 5.92 Å². The van der Waals surface area contributed by atoms with Crippen molar-refractivity contribution in [2.45, 2.75) is 58.3 Å². The molecule has 1 saturated heterocycles. The lowest BCUT2D eigenvalue weighted by atomic mass is 9.83. The summed E-state index contributed by atoms with van der Waals surface area (Å²) in [6.07, 6.45) is 5.42. The van der Waals surface area contributed by atoms with Crippen LogP contribution in [0.2, 0.25) is 0 Å². The fraction of sp³-hybridized carbons (Fsp3) is 0.667. The van der Waals surface area contributed by atoms with Crippen LogP contribution in [0.1, 0.15) is 60.5 Å². The van der Waals surface area contributed by atoms with Crippen molar-refractivity contribution in [3.05, 3.63) is 28.4 Å². The van der Waals surface area contributed by atoms with E-state index >= 15 is 0 Å². The van der Waals surface area contributed by atoms with Crippen molar-refractivity contribution in [1.29, 1.82) is 0 Å². The summed E-state index contributed by atoms with van der Waals surface area (Å²) in [5.41, 5.74) is 3.81. The molecule has 0 radical (unpaired) electrons. The molecule has 2 aromatic rings. The summed E-state index contributed by atoms with van der Waals surface area (Å²) in [6.45, 7) is 5.60. The van der Waals surface area contributed by atoms with Gasteiger partial charge in [0.1, 0.15) is 17.1 Å². The van der Waals surface area contributed by atoms with Crippen LogP contribution in [0.25, 0.3) is 0 Å². The van der Waals surface area contributed by atoms with E-state index in [1.807, 2.05) is 4.90 Å². The van der Waals surface area contributed by atoms with Crippen molar-refractivity contribution in [3.63, 3.8) is 0 Å². The first-order valence-electron chi connectivity index (χ1n) is 9.15. The number of likely N-dealkylation sites (tertiary alicyclic amines) is 1. The van der Waals surface area contributed by atoms with Crippen LogP contribution < -0.4 is 0 Å². The third-order valence-corrected chi connectivity index (χ3v) is 5.61. The third kappa shape index (κ3) is 3.19. The fourth-order valence-corrected chi connectivity index (χ4v) is 3.98. The van der Waals surface area contributed by atoms with E-state index in [9.17, 15) is 4.79 Å². The minimum atomic E-state index is 0.0884. The maximum absolute atomic E-state index is 12.5. The molecule has 1 amide bonds. The zero-order valence-electron chi connectivity index (χ0n) is 14.8. The Bertz CT molecular complexity index is 758. The number of amides is 1. The minimum absolute atomic E-state index is 0.0884. The van der Waals surface area contributed by atoms with Crippen LogP contribution in [-0.2, 0) is 24.1 Å². The fourth-order valence-electron chi connectivity index (χ4n) is 3.98. The average molecular weight is 344 g/mol. The molecule has 1 atom stereocenters. The highest BCUT2D eigenvalue weighted by Gasteiger charge is 2.31. The first-order chi connectivity index (χ1) is 12.1. The second kappa shape index (κ2) is 6.61. The van der Waals surface area contributed by atoms with Crippen LogP contribution in [-0.4, -0.2) is 39.4 Å². The summed E-state index contributed by atoms with van der Waals surface area (Å²) in [5, 5.41) is 11.8. The predicted octanol–water partition coefficient (Wildman–Crippen LogP) is 2.44. The Morgan fingerprint density at radius 3 is 2.72 bits per heavy atom. The maximum Gasteiger partial charge on any atom is 0.228 e. The van der Waals surface area contributed by atoms with Crippen LogP contribution in [0.15, 0.2) is 9.15 Å². The molecule has 7 nitrogen and oxygen atoms in total. The molecule has 7 heteroatoms. The van der Waals surface area contributed by atoms with Crippen LogP contribution in [0.3, 0.4) is 0 Å². The van der Waals surface area contributed by atoms with Crippen LogP contribution in [0.5, 0.6) is 0 Å². The summed E-state index contributed by atoms with van der Waals surface area (Å²) in [7, 11) is 0. The molecule has 2 aromatic heterocycles. The number of hydrogen-bond acceptors (Lipinski definition) is 6. The number of carbonyl (C=O) groups excluding carboxylic acids is 1. The number of rotatable bonds is 3. The number of carbonyl (C=O) groups is 1. The van der Waals surface area contributed by atoms with Crippen LogP contribution in [0.4, 0.5) is 0 Å². The molecule has 2 aliphatic rings. The van der Waals surface area contributed by atoms with Gasteiger partial charge in [0.05, 0.1) is 12.1 Å². The second-order valence-corrected chi connectivity index (χ2v) is 7.45. The lowest BCUT2D eigenvalue weighted by Crippen LogP contribution is -2.39. The van der Waals surface area contributed by atoms with Crippen molar-refractivity contribution in [2.75, 3.05) is 13.1 Å². The first-order valence-corrected chi connectivity index (χ1v) is 9.15. The second-order valence-electron chi connectivity index (χ2n) is 7.45. The van der Waals surface area contributed by atoms with Crippen molar-refractivity contribution in [1.82, 2.24) is 20.4 Å². The number of aryl methyl sites for hydroxylation is 2. The molecule has 134 valence electrons. The molecule has 0 aromatic carbocycles. The highest BCUT2D eigenvalue weighted by Crippen LogP contribution is 2.36. The molecule has 0 spiro atoms. The highest BCUT2D eigenvalue weighted by atomic mass is 16.6. The Morgan fingerprint density at radius 1 is 1.20 bits per heavy atom. The van der Waals surface area contributed by atoms with Gasteiger partial charge < -0.3 is 9.42 Å². The van der Waals surface area contributed by atoms with E-state index < -0.39 is 0 Å². The van der Waals surface area contributed by atoms with Gasteiger partial charge in [-0.2, -0.15) is 0 Å². The SMILES string of the molecule is Cc1nonc1CC(=O)N1CCC(c2onc3c2C[C@@H](C)CC3)CC1. The van der Waals surface area contributed by atoms with Gasteiger partial charge in [0.25, 0.3) is 0 Å². The molecule has 0 unspecified atom stereocenters. The van der Waals surface area contributed by atoms with Crippen LogP contribution in [0, 0.1) is 12.8 Å². The smallest absolute Gasteiger partial charge is 0.228 e. The normalized spacial score (nSPS) is 21.4. The monoisotopic (exact) mass is 344 g/mol. The van der Waals surface area contributed by atoms with E-state index in [1.165, 1.54) is 12.0 Å². The minimum Gasteiger partial charge on any atom is -0.361 e. The van der Waals surface area contributed by atoms with E-state index in [1.54, 1.807) is 6.92 Å². The number of nitrogens with zero attached hydrogens (tertiary/aromatic N) is 4. The first kappa shape index (κ1) is 16.3. The molecule has 1 aliphatic carbocycles. The predicted molar refractivity (Wildman–Crippen MR) is 89.0 cm³/mol. The van der Waals surface area contributed by atoms with Gasteiger partial charge in [-0.1, -0.05) is 22.4 Å². The van der Waals surface area contributed by atoms with E-state index in [0.29, 0.717) is 23.2 Å². The quantitative estimate of drug-likeness (QED) is 0.850. The summed E-state index contributed by atoms with van der Waals surface area (Å²) in [5.74, 6) is 2.24. The summed E-state index contributed by atoms with van der Waals surface area (Å²) in [6, 6.07) is 0. The Hall–Kier alpha value is -2.18. The molecule has 0 bridgehead atoms. The lowest BCUT2D eigenvalue weighted by Gasteiger charge is -2.31. The Balaban J connectivity index is 1.38. The van der Waals surface area contributed by atoms with Crippen molar-refractivity contribution >= 4 is 5.91 Å². The third-order valence-electron chi connectivity index (χ3n) is 5.61. The van der Waals surface area contributed by atoms with Gasteiger partial charge in [-0.25, -0.2) is 4.63 Å². The molecular formula is C18H24N4O3. The number of aromatic nitrogens is 3. The Kier molecular flexibility index (Phi) is 4.31. The van der Waals surface area contributed by atoms with Gasteiger partial charge in [0, 0.05) is 24.6 Å². The number of fused-ring (bicyclic) bond motifs is 1. The van der Waals surface area contributed by atoms with Crippen LogP contribution >= 0.6 is 0 Å². The summed E-state index contributed by atoms with van der Waals surface area (Å²) < 4.78 is 10.4. The maximum atomic E-state index is 12.5. The average Bonchev–Trinajstić information content (AvgIpc) is 3.21. The molecule has 1 fully saturated rings. The molecule has 1 aliphatic heterocycles. The van der Waals surface area contributed by atoms with Gasteiger partial charge in [-0.3, -0.25) is 4.79 Å². The number of hydrogen-bond donors (Lipinski definition) is 0. The Morgan fingerprint density at radius 2 is 2.00 bits per heavy atom. The van der Waals surface area contributed by atoms with Gasteiger partial charge in [-0.05, 0) is 44.9 Å². The zero-order chi connectivity index (χ0) is 17.4. The molecule has 3 heterocycles.